The Morgan fingerprint density at radius 3 is 1.91 bits per heavy atom. The van der Waals surface area contributed by atoms with Crippen LogP contribution >= 0.6 is 0 Å². The van der Waals surface area contributed by atoms with Crippen molar-refractivity contribution in [2.24, 2.45) is 4.99 Å². The molecule has 0 aliphatic carbocycles. The first kappa shape index (κ1) is 19.1. The third-order valence-corrected chi connectivity index (χ3v) is 2.76. The zero-order valence-electron chi connectivity index (χ0n) is 11.1. The maximum Gasteiger partial charge on any atom is 0.460 e. The van der Waals surface area contributed by atoms with Crippen LogP contribution in [0.1, 0.15) is 11.1 Å². The van der Waals surface area contributed by atoms with E-state index in [2.05, 4.69) is 0 Å². The molecule has 0 aliphatic rings. The molecule has 23 heavy (non-hydrogen) atoms. The number of phenols is 1. The highest BCUT2D eigenvalue weighted by atomic mass is 19.4. The number of phenolic OH excluding ortho intramolecular Hbond substituents is 1. The third kappa shape index (κ3) is 3.22. The number of hydrogen-bond acceptors (Lipinski definition) is 2. The van der Waals surface area contributed by atoms with Crippen LogP contribution in [0.25, 0.3) is 0 Å². The van der Waals surface area contributed by atoms with Crippen LogP contribution in [-0.2, 0) is 0 Å². The van der Waals surface area contributed by atoms with Gasteiger partial charge in [-0.15, -0.1) is 0 Å². The minimum absolute atomic E-state index is 0.108. The molecule has 1 aromatic rings. The fraction of sp³-hybridized carbons (Fsp3) is 0.417. The number of rotatable bonds is 4. The van der Waals surface area contributed by atoms with Gasteiger partial charge in [0.25, 0.3) is 0 Å². The molecule has 1 N–H and O–H groups in total. The van der Waals surface area contributed by atoms with Crippen LogP contribution in [0.3, 0.4) is 0 Å². The van der Waals surface area contributed by atoms with Crippen molar-refractivity contribution >= 4 is 6.21 Å². The summed E-state index contributed by atoms with van der Waals surface area (Å²) in [5, 5.41) is 9.43. The molecule has 0 unspecified atom stereocenters. The van der Waals surface area contributed by atoms with Gasteiger partial charge in [-0.3, -0.25) is 0 Å². The molecule has 0 saturated carbocycles. The van der Waals surface area contributed by atoms with Crippen molar-refractivity contribution in [3.63, 3.8) is 0 Å². The molecule has 0 aromatic heterocycles. The highest BCUT2D eigenvalue weighted by Gasteiger charge is 2.82. The van der Waals surface area contributed by atoms with E-state index in [9.17, 15) is 44.6 Å². The predicted molar refractivity (Wildman–Crippen MR) is 61.3 cm³/mol. The smallest absolute Gasteiger partial charge is 0.460 e. The average molecular weight is 353 g/mol. The number of nitrogens with zero attached hydrogens (tertiary/aromatic N) is 1. The number of aryl methyl sites for hydroxylation is 1. The normalized spacial score (nSPS) is 14.5. The van der Waals surface area contributed by atoms with Crippen molar-refractivity contribution in [1.82, 2.24) is 0 Å². The van der Waals surface area contributed by atoms with Gasteiger partial charge in [0, 0.05) is 11.8 Å². The summed E-state index contributed by atoms with van der Waals surface area (Å²) in [7, 11) is 0. The molecule has 0 saturated heterocycles. The van der Waals surface area contributed by atoms with Gasteiger partial charge in [0.2, 0.25) is 0 Å². The zero-order valence-corrected chi connectivity index (χ0v) is 11.1. The van der Waals surface area contributed by atoms with E-state index in [1.54, 1.807) is 0 Å². The van der Waals surface area contributed by atoms with Gasteiger partial charge >= 0.3 is 24.1 Å². The van der Waals surface area contributed by atoms with E-state index in [0.29, 0.717) is 0 Å². The minimum atomic E-state index is -7.00. The monoisotopic (exact) mass is 353 g/mol. The molecule has 2 nitrogen and oxygen atoms in total. The Balaban J connectivity index is 3.25. The second kappa shape index (κ2) is 5.60. The molecule has 0 heterocycles. The van der Waals surface area contributed by atoms with E-state index in [1.807, 2.05) is 4.99 Å². The molecular weight excluding hydrogens is 345 g/mol. The van der Waals surface area contributed by atoms with Crippen molar-refractivity contribution in [3.05, 3.63) is 29.3 Å². The molecular formula is C12H8F9NO. The lowest BCUT2D eigenvalue weighted by Gasteiger charge is -2.31. The van der Waals surface area contributed by atoms with E-state index < -0.39 is 35.4 Å². The van der Waals surface area contributed by atoms with Gasteiger partial charge < -0.3 is 5.11 Å². The fourth-order valence-corrected chi connectivity index (χ4v) is 1.38. The maximum atomic E-state index is 13.1. The number of aromatic hydroxyl groups is 1. The molecule has 0 aliphatic heterocycles. The Kier molecular flexibility index (Phi) is 4.66. The Labute approximate surface area is 123 Å². The lowest BCUT2D eigenvalue weighted by atomic mass is 10.1. The number of alkyl halides is 9. The van der Waals surface area contributed by atoms with Crippen molar-refractivity contribution in [3.8, 4) is 5.75 Å². The first-order valence-electron chi connectivity index (χ1n) is 5.69. The quantitative estimate of drug-likeness (QED) is 0.481. The average Bonchev–Trinajstić information content (AvgIpc) is 2.38. The van der Waals surface area contributed by atoms with Crippen molar-refractivity contribution in [2.75, 3.05) is 0 Å². The summed E-state index contributed by atoms with van der Waals surface area (Å²) in [5.41, 5.74) is -0.444. The number of aliphatic imine (C=N–C) groups is 1. The molecule has 0 amide bonds. The first-order valence-corrected chi connectivity index (χ1v) is 5.69. The van der Waals surface area contributed by atoms with Gasteiger partial charge in [-0.2, -0.15) is 39.5 Å². The van der Waals surface area contributed by atoms with Crippen LogP contribution in [0.2, 0.25) is 0 Å². The molecule has 0 fully saturated rings. The van der Waals surface area contributed by atoms with Crippen molar-refractivity contribution in [1.29, 1.82) is 0 Å². The van der Waals surface area contributed by atoms with Gasteiger partial charge in [-0.1, -0.05) is 12.1 Å². The van der Waals surface area contributed by atoms with E-state index in [4.69, 9.17) is 0 Å². The van der Waals surface area contributed by atoms with E-state index >= 15 is 0 Å². The van der Waals surface area contributed by atoms with Gasteiger partial charge in [0.15, 0.2) is 0 Å². The van der Waals surface area contributed by atoms with E-state index in [0.717, 1.165) is 6.07 Å². The van der Waals surface area contributed by atoms with Crippen LogP contribution in [-0.4, -0.2) is 35.4 Å². The Morgan fingerprint density at radius 1 is 0.913 bits per heavy atom. The number of benzene rings is 1. The number of halogens is 9. The van der Waals surface area contributed by atoms with Gasteiger partial charge in [0.1, 0.15) is 5.75 Å². The maximum absolute atomic E-state index is 13.1. The van der Waals surface area contributed by atoms with Crippen LogP contribution in [0.15, 0.2) is 23.2 Å². The predicted octanol–water partition coefficient (Wildman–Crippen LogP) is 4.55. The summed E-state index contributed by atoms with van der Waals surface area (Å²) in [6.07, 6.45) is -7.01. The Bertz CT molecular complexity index is 607. The lowest BCUT2D eigenvalue weighted by Crippen LogP contribution is -2.60. The third-order valence-electron chi connectivity index (χ3n) is 2.76. The summed E-state index contributed by atoms with van der Waals surface area (Å²) in [6, 6.07) is -2.65. The minimum Gasteiger partial charge on any atom is -0.507 e. The number of para-hydroxylation sites is 1. The van der Waals surface area contributed by atoms with Crippen molar-refractivity contribution < 1.29 is 44.6 Å². The van der Waals surface area contributed by atoms with Crippen LogP contribution in [0.5, 0.6) is 5.75 Å². The molecule has 0 radical (unpaired) electrons. The van der Waals surface area contributed by atoms with Gasteiger partial charge in [0.05, 0.1) is 0 Å². The molecule has 0 atom stereocenters. The molecule has 1 aromatic carbocycles. The summed E-state index contributed by atoms with van der Waals surface area (Å²) >= 11 is 0. The largest absolute Gasteiger partial charge is 0.507 e. The van der Waals surface area contributed by atoms with Crippen molar-refractivity contribution in [2.45, 2.75) is 31.0 Å². The topological polar surface area (TPSA) is 32.6 Å². The SMILES string of the molecule is Cc1cccc(C=NC(F)(F)C(F)(F)C(F)(F)C(F)(F)F)c1O. The summed E-state index contributed by atoms with van der Waals surface area (Å²) in [4.78, 5) is 1.83. The van der Waals surface area contributed by atoms with E-state index in [1.165, 1.54) is 19.1 Å². The molecule has 0 bridgehead atoms. The highest BCUT2D eigenvalue weighted by Crippen LogP contribution is 2.53. The second-order valence-electron chi connectivity index (χ2n) is 4.46. The summed E-state index contributed by atoms with van der Waals surface area (Å²) < 4.78 is 113. The Hall–Kier alpha value is -1.94. The first-order chi connectivity index (χ1) is 10.1. The van der Waals surface area contributed by atoms with Crippen LogP contribution < -0.4 is 0 Å². The Morgan fingerprint density at radius 2 is 1.43 bits per heavy atom. The standard InChI is InChI=1S/C12H8F9NO/c1-6-3-2-4-7(8(6)23)5-22-12(20,21)10(15,16)9(13,14)11(17,18)19/h2-5,23H,1H3. The molecule has 0 spiro atoms. The van der Waals surface area contributed by atoms with Gasteiger partial charge in [-0.25, -0.2) is 4.99 Å². The highest BCUT2D eigenvalue weighted by molar-refractivity contribution is 5.84. The van der Waals surface area contributed by atoms with E-state index in [-0.39, 0.29) is 11.8 Å². The molecule has 1 rings (SSSR count). The lowest BCUT2D eigenvalue weighted by molar-refractivity contribution is -0.394. The van der Waals surface area contributed by atoms with Crippen LogP contribution in [0, 0.1) is 6.92 Å². The molecule has 130 valence electrons. The fourth-order valence-electron chi connectivity index (χ4n) is 1.38. The second-order valence-corrected chi connectivity index (χ2v) is 4.46. The van der Waals surface area contributed by atoms with Crippen LogP contribution in [0.4, 0.5) is 39.5 Å². The number of hydrogen-bond donors (Lipinski definition) is 1. The zero-order chi connectivity index (χ0) is 18.3. The summed E-state index contributed by atoms with van der Waals surface area (Å²) in [5.74, 6) is -14.5. The summed E-state index contributed by atoms with van der Waals surface area (Å²) in [6.45, 7) is 1.30. The molecule has 11 heteroatoms. The van der Waals surface area contributed by atoms with Gasteiger partial charge in [-0.05, 0) is 18.6 Å².